The van der Waals surface area contributed by atoms with Crippen LogP contribution in [0.3, 0.4) is 0 Å². The molecule has 6 nitrogen and oxygen atoms in total. The fourth-order valence-electron chi connectivity index (χ4n) is 5.42. The molecule has 2 fully saturated rings. The average Bonchev–Trinajstić information content (AvgIpc) is 3.06. The molecular formula is C26H35F3N4O2. The number of ether oxygens (including phenoxy) is 1. The molecule has 1 aromatic heterocycles. The molecule has 2 aliphatic heterocycles. The molecule has 2 aromatic rings. The molecule has 9 heteroatoms. The lowest BCUT2D eigenvalue weighted by Gasteiger charge is -2.39. The van der Waals surface area contributed by atoms with Gasteiger partial charge in [-0.05, 0) is 64.7 Å². The van der Waals surface area contributed by atoms with Crippen molar-refractivity contribution < 1.29 is 22.7 Å². The Balaban J connectivity index is 1.37. The number of hydrogen-bond donors (Lipinski definition) is 0. The molecule has 0 aliphatic carbocycles. The van der Waals surface area contributed by atoms with Crippen LogP contribution in [0.2, 0.25) is 0 Å². The highest BCUT2D eigenvalue weighted by Crippen LogP contribution is 2.31. The summed E-state index contributed by atoms with van der Waals surface area (Å²) < 4.78 is 46.8. The predicted octanol–water partition coefficient (Wildman–Crippen LogP) is 4.40. The molecule has 1 aromatic carbocycles. The molecule has 0 bridgehead atoms. The minimum absolute atomic E-state index is 0.0480. The van der Waals surface area contributed by atoms with Crippen molar-refractivity contribution in [2.24, 2.45) is 5.92 Å². The maximum absolute atomic E-state index is 13.2. The van der Waals surface area contributed by atoms with Crippen molar-refractivity contribution in [1.82, 2.24) is 19.6 Å². The molecule has 1 amide bonds. The fraction of sp³-hybridized carbons (Fsp3) is 0.615. The highest BCUT2D eigenvalue weighted by Gasteiger charge is 2.31. The topological polar surface area (TPSA) is 50.6 Å². The SMILES string of the molecule is Cc1nn(-c2cccc(C(F)(F)F)c2)c(C)c1CC(=O)N1CCC(CN2CC(C)OC(C)C2)CC1. The van der Waals surface area contributed by atoms with Crippen LogP contribution in [-0.2, 0) is 22.1 Å². The third kappa shape index (κ3) is 6.06. The molecular weight excluding hydrogens is 457 g/mol. The van der Waals surface area contributed by atoms with E-state index in [1.165, 1.54) is 10.7 Å². The Morgan fingerprint density at radius 2 is 1.77 bits per heavy atom. The van der Waals surface area contributed by atoms with Gasteiger partial charge in [-0.1, -0.05) is 6.07 Å². The van der Waals surface area contributed by atoms with E-state index in [0.29, 0.717) is 23.0 Å². The third-order valence-corrected chi connectivity index (χ3v) is 7.17. The first kappa shape index (κ1) is 25.7. The van der Waals surface area contributed by atoms with Crippen LogP contribution in [0.5, 0.6) is 0 Å². The van der Waals surface area contributed by atoms with E-state index in [1.54, 1.807) is 19.9 Å². The largest absolute Gasteiger partial charge is 0.416 e. The second-order valence-electron chi connectivity index (χ2n) is 10.1. The summed E-state index contributed by atoms with van der Waals surface area (Å²) in [5.74, 6) is 0.621. The van der Waals surface area contributed by atoms with Crippen LogP contribution in [0.4, 0.5) is 13.2 Å². The Hall–Kier alpha value is -2.39. The van der Waals surface area contributed by atoms with Crippen LogP contribution in [0, 0.1) is 19.8 Å². The fourth-order valence-corrected chi connectivity index (χ4v) is 5.42. The van der Waals surface area contributed by atoms with Crippen molar-refractivity contribution in [3.05, 3.63) is 46.8 Å². The Morgan fingerprint density at radius 3 is 2.40 bits per heavy atom. The Bertz CT molecular complexity index is 1030. The quantitative estimate of drug-likeness (QED) is 0.621. The van der Waals surface area contributed by atoms with Gasteiger partial charge in [0, 0.05) is 44.0 Å². The maximum atomic E-state index is 13.2. The number of nitrogens with zero attached hydrogens (tertiary/aromatic N) is 4. The minimum Gasteiger partial charge on any atom is -0.373 e. The number of alkyl halides is 3. The van der Waals surface area contributed by atoms with Gasteiger partial charge in [0.15, 0.2) is 0 Å². The van der Waals surface area contributed by atoms with Crippen LogP contribution in [0.25, 0.3) is 5.69 Å². The van der Waals surface area contributed by atoms with Gasteiger partial charge < -0.3 is 9.64 Å². The molecule has 2 atom stereocenters. The highest BCUT2D eigenvalue weighted by atomic mass is 19.4. The number of piperidine rings is 1. The molecule has 2 unspecified atom stereocenters. The standard InChI is InChI=1S/C26H35F3N4O2/c1-17-14-31(15-18(2)35-17)16-21-8-10-32(11-9-21)25(34)13-24-19(3)30-33(20(24)4)23-7-5-6-22(12-23)26(27,28)29/h5-7,12,17-18,21H,8-11,13-16H2,1-4H3. The first-order chi connectivity index (χ1) is 16.5. The molecule has 0 N–H and O–H groups in total. The third-order valence-electron chi connectivity index (χ3n) is 7.17. The monoisotopic (exact) mass is 492 g/mol. The lowest BCUT2D eigenvalue weighted by Crippen LogP contribution is -2.48. The first-order valence-corrected chi connectivity index (χ1v) is 12.4. The zero-order valence-electron chi connectivity index (χ0n) is 20.9. The van der Waals surface area contributed by atoms with E-state index in [1.807, 2.05) is 4.90 Å². The normalized spacial score (nSPS) is 22.5. The van der Waals surface area contributed by atoms with Gasteiger partial charge in [0.25, 0.3) is 0 Å². The summed E-state index contributed by atoms with van der Waals surface area (Å²) in [5, 5.41) is 4.45. The lowest BCUT2D eigenvalue weighted by molar-refractivity contribution is -0.137. The van der Waals surface area contributed by atoms with Crippen molar-refractivity contribution in [2.75, 3.05) is 32.7 Å². The highest BCUT2D eigenvalue weighted by molar-refractivity contribution is 5.79. The minimum atomic E-state index is -4.42. The van der Waals surface area contributed by atoms with Crippen molar-refractivity contribution in [1.29, 1.82) is 0 Å². The number of carbonyl (C=O) groups excluding carboxylic acids is 1. The summed E-state index contributed by atoms with van der Waals surface area (Å²) in [4.78, 5) is 17.5. The Labute approximate surface area is 205 Å². The van der Waals surface area contributed by atoms with Gasteiger partial charge in [-0.2, -0.15) is 18.3 Å². The summed E-state index contributed by atoms with van der Waals surface area (Å²) in [6.45, 7) is 12.3. The van der Waals surface area contributed by atoms with Gasteiger partial charge in [0.2, 0.25) is 5.91 Å². The average molecular weight is 493 g/mol. The molecule has 0 radical (unpaired) electrons. The number of likely N-dealkylation sites (tertiary alicyclic amines) is 1. The molecule has 0 spiro atoms. The van der Waals surface area contributed by atoms with Crippen molar-refractivity contribution in [3.8, 4) is 5.69 Å². The number of amides is 1. The van der Waals surface area contributed by atoms with Gasteiger partial charge in [0.1, 0.15) is 0 Å². The van der Waals surface area contributed by atoms with Gasteiger partial charge in [0.05, 0.1) is 35.6 Å². The molecule has 0 saturated carbocycles. The van der Waals surface area contributed by atoms with Crippen molar-refractivity contribution >= 4 is 5.91 Å². The van der Waals surface area contributed by atoms with E-state index in [4.69, 9.17) is 4.74 Å². The van der Waals surface area contributed by atoms with Gasteiger partial charge in [-0.15, -0.1) is 0 Å². The smallest absolute Gasteiger partial charge is 0.373 e. The molecule has 2 saturated heterocycles. The maximum Gasteiger partial charge on any atom is 0.416 e. The second-order valence-corrected chi connectivity index (χ2v) is 10.1. The molecule has 4 rings (SSSR count). The Morgan fingerprint density at radius 1 is 1.11 bits per heavy atom. The number of rotatable bonds is 5. The number of aromatic nitrogens is 2. The van der Waals surface area contributed by atoms with Crippen LogP contribution in [0.1, 0.15) is 49.2 Å². The van der Waals surface area contributed by atoms with E-state index >= 15 is 0 Å². The molecule has 2 aliphatic rings. The summed E-state index contributed by atoms with van der Waals surface area (Å²) in [7, 11) is 0. The summed E-state index contributed by atoms with van der Waals surface area (Å²) in [6, 6.07) is 5.11. The van der Waals surface area contributed by atoms with Gasteiger partial charge in [-0.25, -0.2) is 4.68 Å². The van der Waals surface area contributed by atoms with Crippen LogP contribution in [-0.4, -0.2) is 70.4 Å². The molecule has 192 valence electrons. The number of carbonyl (C=O) groups is 1. The van der Waals surface area contributed by atoms with Crippen LogP contribution < -0.4 is 0 Å². The van der Waals surface area contributed by atoms with Crippen LogP contribution in [0.15, 0.2) is 24.3 Å². The number of hydrogen-bond acceptors (Lipinski definition) is 4. The van der Waals surface area contributed by atoms with E-state index in [-0.39, 0.29) is 24.5 Å². The molecule has 35 heavy (non-hydrogen) atoms. The first-order valence-electron chi connectivity index (χ1n) is 12.4. The summed E-state index contributed by atoms with van der Waals surface area (Å²) in [6.07, 6.45) is -1.75. The number of halogens is 3. The zero-order valence-corrected chi connectivity index (χ0v) is 20.9. The Kier molecular flexibility index (Phi) is 7.57. The zero-order chi connectivity index (χ0) is 25.3. The number of morpholine rings is 1. The lowest BCUT2D eigenvalue weighted by atomic mass is 9.95. The van der Waals surface area contributed by atoms with E-state index in [9.17, 15) is 18.0 Å². The van der Waals surface area contributed by atoms with E-state index < -0.39 is 11.7 Å². The van der Waals surface area contributed by atoms with E-state index in [2.05, 4.69) is 23.8 Å². The number of benzene rings is 1. The number of aryl methyl sites for hydroxylation is 1. The predicted molar refractivity (Wildman–Crippen MR) is 127 cm³/mol. The van der Waals surface area contributed by atoms with Gasteiger partial charge in [-0.3, -0.25) is 9.69 Å². The second kappa shape index (κ2) is 10.3. The van der Waals surface area contributed by atoms with Crippen molar-refractivity contribution in [2.45, 2.75) is 65.3 Å². The summed E-state index contributed by atoms with van der Waals surface area (Å²) >= 11 is 0. The van der Waals surface area contributed by atoms with Crippen molar-refractivity contribution in [3.63, 3.8) is 0 Å². The summed E-state index contributed by atoms with van der Waals surface area (Å²) in [5.41, 5.74) is 1.76. The van der Waals surface area contributed by atoms with Crippen LogP contribution >= 0.6 is 0 Å². The molecule has 3 heterocycles. The van der Waals surface area contributed by atoms with E-state index in [0.717, 1.165) is 63.3 Å². The van der Waals surface area contributed by atoms with Gasteiger partial charge >= 0.3 is 6.18 Å².